The molecule has 28 heavy (non-hydrogen) atoms. The molecular formula is C21H27N7. The van der Waals surface area contributed by atoms with E-state index < -0.39 is 0 Å². The molecule has 0 aliphatic heterocycles. The third-order valence-electron chi connectivity index (χ3n) is 5.86. The predicted octanol–water partition coefficient (Wildman–Crippen LogP) is 3.08. The van der Waals surface area contributed by atoms with E-state index in [-0.39, 0.29) is 6.04 Å². The number of hydrogen-bond donors (Lipinski definition) is 3. The molecule has 2 fully saturated rings. The van der Waals surface area contributed by atoms with Gasteiger partial charge in [-0.2, -0.15) is 15.1 Å². The lowest BCUT2D eigenvalue weighted by Gasteiger charge is -2.20. The van der Waals surface area contributed by atoms with Gasteiger partial charge in [0.15, 0.2) is 5.65 Å². The number of rotatable bonds is 8. The molecular weight excluding hydrogens is 350 g/mol. The Labute approximate surface area is 164 Å². The highest BCUT2D eigenvalue weighted by atomic mass is 15.3. The Bertz CT molecular complexity index is 948. The van der Waals surface area contributed by atoms with Crippen molar-refractivity contribution in [2.45, 2.75) is 37.8 Å². The third kappa shape index (κ3) is 3.54. The van der Waals surface area contributed by atoms with Crippen molar-refractivity contribution in [3.8, 4) is 0 Å². The largest absolute Gasteiger partial charge is 0.366 e. The van der Waals surface area contributed by atoms with Crippen LogP contribution in [0, 0.1) is 11.8 Å². The summed E-state index contributed by atoms with van der Waals surface area (Å²) in [6, 6.07) is 10.5. The topological polar surface area (TPSA) is 93.7 Å². The zero-order valence-electron chi connectivity index (χ0n) is 16.2. The van der Waals surface area contributed by atoms with Crippen molar-refractivity contribution in [1.82, 2.24) is 19.7 Å². The van der Waals surface area contributed by atoms with Crippen molar-refractivity contribution < 1.29 is 0 Å². The predicted molar refractivity (Wildman–Crippen MR) is 111 cm³/mol. The molecule has 2 aliphatic rings. The average Bonchev–Trinajstić information content (AvgIpc) is 3.64. The van der Waals surface area contributed by atoms with E-state index in [0.29, 0.717) is 18.5 Å². The van der Waals surface area contributed by atoms with Gasteiger partial charge in [0.1, 0.15) is 5.82 Å². The molecule has 1 aromatic carbocycles. The molecule has 7 heteroatoms. The minimum absolute atomic E-state index is 0.117. The Morgan fingerprint density at radius 3 is 2.50 bits per heavy atom. The Morgan fingerprint density at radius 1 is 1.11 bits per heavy atom. The number of nitrogens with one attached hydrogen (secondary N) is 2. The van der Waals surface area contributed by atoms with Crippen molar-refractivity contribution >= 4 is 22.8 Å². The first-order chi connectivity index (χ1) is 13.7. The van der Waals surface area contributed by atoms with Crippen LogP contribution in [0.1, 0.15) is 37.3 Å². The van der Waals surface area contributed by atoms with E-state index in [2.05, 4.69) is 20.7 Å². The Morgan fingerprint density at radius 2 is 1.82 bits per heavy atom. The lowest BCUT2D eigenvalue weighted by molar-refractivity contribution is 0.566. The summed E-state index contributed by atoms with van der Waals surface area (Å²) in [5.41, 5.74) is 8.26. The van der Waals surface area contributed by atoms with E-state index in [1.165, 1.54) is 25.7 Å². The number of anilines is 2. The molecule has 146 valence electrons. The summed E-state index contributed by atoms with van der Waals surface area (Å²) >= 11 is 0. The van der Waals surface area contributed by atoms with Gasteiger partial charge < -0.3 is 16.4 Å². The van der Waals surface area contributed by atoms with Crippen LogP contribution in [-0.2, 0) is 7.05 Å². The van der Waals surface area contributed by atoms with Crippen molar-refractivity contribution in [3.63, 3.8) is 0 Å². The van der Waals surface area contributed by atoms with Gasteiger partial charge in [0, 0.05) is 25.7 Å². The third-order valence-corrected chi connectivity index (χ3v) is 5.86. The number of hydrogen-bond acceptors (Lipinski definition) is 6. The molecule has 1 unspecified atom stereocenters. The molecule has 3 aromatic rings. The molecule has 0 amide bonds. The summed E-state index contributed by atoms with van der Waals surface area (Å²) < 4.78 is 1.80. The maximum atomic E-state index is 6.33. The second kappa shape index (κ2) is 7.05. The second-order valence-corrected chi connectivity index (χ2v) is 8.14. The molecule has 0 spiro atoms. The van der Waals surface area contributed by atoms with Crippen molar-refractivity contribution in [3.05, 3.63) is 42.1 Å². The summed E-state index contributed by atoms with van der Waals surface area (Å²) in [4.78, 5) is 9.47. The highest BCUT2D eigenvalue weighted by molar-refractivity contribution is 5.87. The number of fused-ring (bicyclic) bond motifs is 1. The summed E-state index contributed by atoms with van der Waals surface area (Å²) in [7, 11) is 1.91. The minimum Gasteiger partial charge on any atom is -0.366 e. The van der Waals surface area contributed by atoms with Gasteiger partial charge in [-0.15, -0.1) is 0 Å². The molecule has 2 saturated carbocycles. The molecule has 4 N–H and O–H groups in total. The van der Waals surface area contributed by atoms with E-state index in [9.17, 15) is 0 Å². The zero-order chi connectivity index (χ0) is 19.1. The van der Waals surface area contributed by atoms with Crippen LogP contribution in [0.25, 0.3) is 11.0 Å². The van der Waals surface area contributed by atoms with Crippen LogP contribution in [0.4, 0.5) is 11.8 Å². The van der Waals surface area contributed by atoms with Crippen LogP contribution in [0.5, 0.6) is 0 Å². The van der Waals surface area contributed by atoms with E-state index in [4.69, 9.17) is 10.7 Å². The van der Waals surface area contributed by atoms with Gasteiger partial charge >= 0.3 is 0 Å². The first-order valence-electron chi connectivity index (χ1n) is 10.2. The lowest BCUT2D eigenvalue weighted by Crippen LogP contribution is -2.26. The molecule has 0 saturated heterocycles. The SMILES string of the molecule is Cn1ncc2c(NC(C3CC3)C3CC3)nc(NCC(N)c3ccccc3)nc21. The number of aromatic nitrogens is 4. The molecule has 2 aromatic heterocycles. The number of aryl methyl sites for hydroxylation is 1. The smallest absolute Gasteiger partial charge is 0.226 e. The molecule has 5 rings (SSSR count). The van der Waals surface area contributed by atoms with Gasteiger partial charge in [0.05, 0.1) is 11.6 Å². The van der Waals surface area contributed by atoms with Gasteiger partial charge in [-0.1, -0.05) is 30.3 Å². The van der Waals surface area contributed by atoms with Crippen LogP contribution in [0.3, 0.4) is 0 Å². The fraction of sp³-hybridized carbons (Fsp3) is 0.476. The van der Waals surface area contributed by atoms with Crippen molar-refractivity contribution in [2.75, 3.05) is 17.2 Å². The molecule has 7 nitrogen and oxygen atoms in total. The van der Waals surface area contributed by atoms with Crippen LogP contribution in [-0.4, -0.2) is 32.3 Å². The molecule has 2 aliphatic carbocycles. The maximum absolute atomic E-state index is 6.33. The number of benzene rings is 1. The molecule has 2 heterocycles. The number of nitrogens with two attached hydrogens (primary N) is 1. The van der Waals surface area contributed by atoms with Crippen LogP contribution < -0.4 is 16.4 Å². The summed E-state index contributed by atoms with van der Waals surface area (Å²) in [6.07, 6.45) is 7.16. The van der Waals surface area contributed by atoms with Crippen LogP contribution >= 0.6 is 0 Å². The highest BCUT2D eigenvalue weighted by Gasteiger charge is 2.41. The monoisotopic (exact) mass is 377 g/mol. The van der Waals surface area contributed by atoms with Gasteiger partial charge in [-0.3, -0.25) is 4.68 Å². The maximum Gasteiger partial charge on any atom is 0.226 e. The van der Waals surface area contributed by atoms with E-state index >= 15 is 0 Å². The summed E-state index contributed by atoms with van der Waals surface area (Å²) in [5, 5.41) is 12.4. The van der Waals surface area contributed by atoms with Crippen molar-refractivity contribution in [2.24, 2.45) is 24.6 Å². The minimum atomic E-state index is -0.117. The standard InChI is InChI=1S/C21H27N7/c1-28-20-16(11-24-28)19(25-18(14-7-8-14)15-9-10-15)26-21(27-20)23-12-17(22)13-5-3-2-4-6-13/h2-6,11,14-15,17-18H,7-10,12,22H2,1H3,(H2,23,25,26,27). The van der Waals surface area contributed by atoms with Gasteiger partial charge in [0.25, 0.3) is 0 Å². The summed E-state index contributed by atoms with van der Waals surface area (Å²) in [5.74, 6) is 3.06. The normalized spacial score (nSPS) is 17.8. The Kier molecular flexibility index (Phi) is 4.39. The molecule has 0 radical (unpaired) electrons. The van der Waals surface area contributed by atoms with Crippen LogP contribution in [0.15, 0.2) is 36.5 Å². The first kappa shape index (κ1) is 17.4. The van der Waals surface area contributed by atoms with Crippen LogP contribution in [0.2, 0.25) is 0 Å². The zero-order valence-corrected chi connectivity index (χ0v) is 16.2. The number of nitrogens with zero attached hydrogens (tertiary/aromatic N) is 4. The van der Waals surface area contributed by atoms with Gasteiger partial charge in [-0.25, -0.2) is 0 Å². The van der Waals surface area contributed by atoms with Crippen molar-refractivity contribution in [1.29, 1.82) is 0 Å². The first-order valence-corrected chi connectivity index (χ1v) is 10.2. The second-order valence-electron chi connectivity index (χ2n) is 8.14. The fourth-order valence-electron chi connectivity index (χ4n) is 3.92. The van der Waals surface area contributed by atoms with Gasteiger partial charge in [0.2, 0.25) is 5.95 Å². The average molecular weight is 377 g/mol. The van der Waals surface area contributed by atoms with E-state index in [1.54, 1.807) is 4.68 Å². The Balaban J connectivity index is 1.38. The Hall–Kier alpha value is -2.67. The molecule has 1 atom stereocenters. The summed E-state index contributed by atoms with van der Waals surface area (Å²) in [6.45, 7) is 0.571. The molecule has 0 bridgehead atoms. The van der Waals surface area contributed by atoms with Gasteiger partial charge in [-0.05, 0) is 43.1 Å². The lowest BCUT2D eigenvalue weighted by atomic mass is 10.1. The quantitative estimate of drug-likeness (QED) is 0.559. The van der Waals surface area contributed by atoms with E-state index in [1.807, 2.05) is 43.6 Å². The van der Waals surface area contributed by atoms with E-state index in [0.717, 1.165) is 34.3 Å². The fourth-order valence-corrected chi connectivity index (χ4v) is 3.92. The highest BCUT2D eigenvalue weighted by Crippen LogP contribution is 2.46.